The number of carbonyl (C=O) groups is 1. The van der Waals surface area contributed by atoms with Crippen molar-refractivity contribution in [3.8, 4) is 0 Å². The summed E-state index contributed by atoms with van der Waals surface area (Å²) >= 11 is 0. The highest BCUT2D eigenvalue weighted by molar-refractivity contribution is 5.76. The minimum Gasteiger partial charge on any atom is -0.394 e. The largest absolute Gasteiger partial charge is 0.394 e. The van der Waals surface area contributed by atoms with E-state index in [4.69, 9.17) is 18.9 Å². The molecule has 2 aliphatic rings. The number of aliphatic hydroxyl groups is 8. The molecule has 0 aromatic rings. The van der Waals surface area contributed by atoms with Gasteiger partial charge in [-0.2, -0.15) is 0 Å². The molecule has 0 spiro atoms. The highest BCUT2D eigenvalue weighted by Gasteiger charge is 2.51. The number of amides is 1. The van der Waals surface area contributed by atoms with Crippen LogP contribution < -0.4 is 5.32 Å². The Labute approximate surface area is 548 Å². The molecule has 90 heavy (non-hydrogen) atoms. The molecule has 12 unspecified atom stereocenters. The van der Waals surface area contributed by atoms with Crippen molar-refractivity contribution in [3.63, 3.8) is 0 Å². The van der Waals surface area contributed by atoms with E-state index < -0.39 is 86.8 Å². The maximum absolute atomic E-state index is 13.4. The van der Waals surface area contributed by atoms with Crippen molar-refractivity contribution in [2.45, 2.75) is 383 Å². The van der Waals surface area contributed by atoms with Crippen LogP contribution in [0, 0.1) is 0 Å². The number of allylic oxidation sites excluding steroid dienone is 12. The average molecular weight is 1270 g/mol. The quantitative estimate of drug-likeness (QED) is 0.0204. The van der Waals surface area contributed by atoms with E-state index >= 15 is 0 Å². The van der Waals surface area contributed by atoms with Crippen LogP contribution in [-0.2, 0) is 23.7 Å². The summed E-state index contributed by atoms with van der Waals surface area (Å²) < 4.78 is 22.9. The summed E-state index contributed by atoms with van der Waals surface area (Å²) in [4.78, 5) is 13.4. The number of carbonyl (C=O) groups excluding carboxylic acids is 1. The Morgan fingerprint density at radius 3 is 1.18 bits per heavy atom. The molecule has 2 heterocycles. The van der Waals surface area contributed by atoms with Crippen molar-refractivity contribution in [3.05, 3.63) is 72.9 Å². The highest BCUT2D eigenvalue weighted by atomic mass is 16.7. The molecule has 524 valence electrons. The Bertz CT molecular complexity index is 1790. The maximum Gasteiger partial charge on any atom is 0.220 e. The molecule has 0 aromatic carbocycles. The molecule has 0 radical (unpaired) electrons. The molecule has 14 heteroatoms. The molecule has 0 saturated carbocycles. The normalized spacial score (nSPS) is 23.3. The van der Waals surface area contributed by atoms with Crippen molar-refractivity contribution in [1.82, 2.24) is 5.32 Å². The zero-order valence-corrected chi connectivity index (χ0v) is 57.1. The van der Waals surface area contributed by atoms with E-state index in [0.717, 1.165) is 89.9 Å². The van der Waals surface area contributed by atoms with E-state index in [9.17, 15) is 45.6 Å². The first kappa shape index (κ1) is 83.5. The van der Waals surface area contributed by atoms with E-state index in [1.54, 1.807) is 0 Å². The van der Waals surface area contributed by atoms with Crippen molar-refractivity contribution < 1.29 is 64.6 Å². The number of rotatable bonds is 61. The lowest BCUT2D eigenvalue weighted by molar-refractivity contribution is -0.359. The smallest absolute Gasteiger partial charge is 0.220 e. The lowest BCUT2D eigenvalue weighted by atomic mass is 9.97. The fourth-order valence-electron chi connectivity index (χ4n) is 12.1. The number of nitrogens with one attached hydrogen (secondary N) is 1. The monoisotopic (exact) mass is 1270 g/mol. The van der Waals surface area contributed by atoms with Crippen molar-refractivity contribution in [2.75, 3.05) is 19.8 Å². The van der Waals surface area contributed by atoms with Crippen molar-refractivity contribution >= 4 is 5.91 Å². The molecule has 2 aliphatic heterocycles. The molecule has 14 nitrogen and oxygen atoms in total. The molecular weight excluding hydrogens is 1130 g/mol. The first-order chi connectivity index (χ1) is 44.1. The van der Waals surface area contributed by atoms with Crippen LogP contribution in [-0.4, -0.2) is 140 Å². The fraction of sp³-hybridized carbons (Fsp3) is 0.829. The van der Waals surface area contributed by atoms with E-state index in [0.29, 0.717) is 12.8 Å². The third-order valence-electron chi connectivity index (χ3n) is 17.9. The zero-order valence-electron chi connectivity index (χ0n) is 57.1. The Balaban J connectivity index is 1.64. The van der Waals surface area contributed by atoms with Gasteiger partial charge in [0.1, 0.15) is 48.8 Å². The Hall–Kier alpha value is -2.57. The lowest BCUT2D eigenvalue weighted by Crippen LogP contribution is -2.65. The van der Waals surface area contributed by atoms with Gasteiger partial charge in [-0.25, -0.2) is 0 Å². The highest BCUT2D eigenvalue weighted by Crippen LogP contribution is 2.30. The molecular formula is C76H137NO13. The SMILES string of the molecule is CC/C=C\C/C=C\C/C=C\C/C=C\C/C=C\C/C=C\CCCCCCCCCCCCCCCCC(=O)NC(COC1OC(CO)C(OC2OC(CO)C(O)C(O)C2O)C(O)C1O)C(O)CCCCCCCCCCCCCCCCCCCCCCCCC. The Morgan fingerprint density at radius 1 is 0.411 bits per heavy atom. The van der Waals surface area contributed by atoms with Gasteiger partial charge in [-0.1, -0.05) is 311 Å². The molecule has 0 aromatic heterocycles. The van der Waals surface area contributed by atoms with Crippen molar-refractivity contribution in [1.29, 1.82) is 0 Å². The zero-order chi connectivity index (χ0) is 65.2. The van der Waals surface area contributed by atoms with Gasteiger partial charge < -0.3 is 65.1 Å². The molecule has 9 N–H and O–H groups in total. The van der Waals surface area contributed by atoms with Crippen LogP contribution in [0.15, 0.2) is 72.9 Å². The van der Waals surface area contributed by atoms with Crippen LogP contribution in [0.1, 0.15) is 309 Å². The second-order valence-electron chi connectivity index (χ2n) is 26.0. The number of ether oxygens (including phenoxy) is 4. The summed E-state index contributed by atoms with van der Waals surface area (Å²) in [5.41, 5.74) is 0. The van der Waals surface area contributed by atoms with E-state index in [1.165, 1.54) is 193 Å². The first-order valence-electron chi connectivity index (χ1n) is 37.2. The molecule has 0 aliphatic carbocycles. The Morgan fingerprint density at radius 2 is 0.767 bits per heavy atom. The van der Waals surface area contributed by atoms with Gasteiger partial charge in [-0.3, -0.25) is 4.79 Å². The minimum absolute atomic E-state index is 0.205. The molecule has 12 atom stereocenters. The number of hydrogen-bond donors (Lipinski definition) is 9. The topological polar surface area (TPSA) is 228 Å². The van der Waals surface area contributed by atoms with Crippen LogP contribution >= 0.6 is 0 Å². The Kier molecular flexibility index (Phi) is 55.8. The minimum atomic E-state index is -1.79. The number of hydrogen-bond acceptors (Lipinski definition) is 13. The van der Waals surface area contributed by atoms with E-state index in [2.05, 4.69) is 92.1 Å². The van der Waals surface area contributed by atoms with Gasteiger partial charge in [0.15, 0.2) is 12.6 Å². The molecule has 0 bridgehead atoms. The standard InChI is InChI=1S/C76H137NO13/c1-3-5-7-9-11-13-15-17-19-21-23-25-27-28-29-30-31-32-33-34-35-36-38-40-42-44-46-48-50-52-54-56-58-60-68(81)77-64(63-87-75-73(86)71(84)74(67(62-79)89-75)90-76-72(85)70(83)69(82)66(61-78)88-76)65(80)59-57-55-53-51-49-47-45-43-41-39-37-26-24-22-20-18-16-14-12-10-8-6-4-2/h5,7,11,13,17,19,23,25,28-29,31-32,64-67,69-76,78-80,82-86H,3-4,6,8-10,12,14-16,18,20-22,24,26-27,30,33-63H2,1-2H3,(H,77,81)/b7-5-,13-11-,19-17-,25-23-,29-28-,32-31-. The van der Waals surface area contributed by atoms with Crippen LogP contribution in [0.25, 0.3) is 0 Å². The van der Waals surface area contributed by atoms with Gasteiger partial charge in [0.25, 0.3) is 0 Å². The van der Waals surface area contributed by atoms with Gasteiger partial charge >= 0.3 is 0 Å². The third-order valence-corrected chi connectivity index (χ3v) is 17.9. The van der Waals surface area contributed by atoms with Crippen LogP contribution in [0.5, 0.6) is 0 Å². The summed E-state index contributed by atoms with van der Waals surface area (Å²) in [5, 5.41) is 87.7. The van der Waals surface area contributed by atoms with Gasteiger partial charge in [0.2, 0.25) is 5.91 Å². The van der Waals surface area contributed by atoms with E-state index in [1.807, 2.05) is 0 Å². The molecule has 2 fully saturated rings. The number of unbranched alkanes of at least 4 members (excludes halogenated alkanes) is 36. The summed E-state index contributed by atoms with van der Waals surface area (Å²) in [6, 6.07) is -0.833. The van der Waals surface area contributed by atoms with Gasteiger partial charge in [-0.05, 0) is 64.2 Å². The summed E-state index contributed by atoms with van der Waals surface area (Å²) in [6.07, 6.45) is 64.9. The molecule has 2 saturated heterocycles. The van der Waals surface area contributed by atoms with Crippen LogP contribution in [0.3, 0.4) is 0 Å². The third kappa shape index (κ3) is 43.4. The summed E-state index contributed by atoms with van der Waals surface area (Å²) in [5.74, 6) is -0.205. The van der Waals surface area contributed by atoms with Crippen LogP contribution in [0.4, 0.5) is 0 Å². The van der Waals surface area contributed by atoms with E-state index in [-0.39, 0.29) is 12.5 Å². The second kappa shape index (κ2) is 60.1. The van der Waals surface area contributed by atoms with Crippen LogP contribution in [0.2, 0.25) is 0 Å². The van der Waals surface area contributed by atoms with Gasteiger partial charge in [0, 0.05) is 6.42 Å². The van der Waals surface area contributed by atoms with Gasteiger partial charge in [-0.15, -0.1) is 0 Å². The fourth-order valence-corrected chi connectivity index (χ4v) is 12.1. The predicted octanol–water partition coefficient (Wildman–Crippen LogP) is 15.8. The number of aliphatic hydroxyl groups excluding tert-OH is 8. The maximum atomic E-state index is 13.4. The summed E-state index contributed by atoms with van der Waals surface area (Å²) in [6.45, 7) is 2.79. The average Bonchev–Trinajstić information content (AvgIpc) is 1.41. The molecule has 1 amide bonds. The summed E-state index contributed by atoms with van der Waals surface area (Å²) in [7, 11) is 0. The molecule has 2 rings (SSSR count). The lowest BCUT2D eigenvalue weighted by Gasteiger charge is -2.46. The van der Waals surface area contributed by atoms with Gasteiger partial charge in [0.05, 0.1) is 32.0 Å². The van der Waals surface area contributed by atoms with Crippen molar-refractivity contribution in [2.24, 2.45) is 0 Å². The first-order valence-corrected chi connectivity index (χ1v) is 37.2. The second-order valence-corrected chi connectivity index (χ2v) is 26.0. The predicted molar refractivity (Wildman–Crippen MR) is 369 cm³/mol.